The Morgan fingerprint density at radius 1 is 1.18 bits per heavy atom. The third kappa shape index (κ3) is 3.90. The molecule has 5 heteroatoms. The Kier molecular flexibility index (Phi) is 5.64. The molecule has 1 aromatic carbocycles. The van der Waals surface area contributed by atoms with Crippen molar-refractivity contribution in [2.45, 2.75) is 20.8 Å². The van der Waals surface area contributed by atoms with E-state index in [0.29, 0.717) is 12.4 Å². The predicted octanol–water partition coefficient (Wildman–Crippen LogP) is 5.66. The number of benzene rings is 1. The van der Waals surface area contributed by atoms with Gasteiger partial charge in [0.25, 0.3) is 0 Å². The Balaban J connectivity index is 2.35. The number of esters is 1. The maximum Gasteiger partial charge on any atom is 0.330 e. The van der Waals surface area contributed by atoms with Crippen LogP contribution in [0.1, 0.15) is 23.8 Å². The van der Waals surface area contributed by atoms with Crippen molar-refractivity contribution < 1.29 is 13.9 Å². The van der Waals surface area contributed by atoms with Crippen LogP contribution in [0.4, 0.5) is 0 Å². The predicted molar refractivity (Wildman–Crippen MR) is 94.7 cm³/mol. The largest absolute Gasteiger partial charge is 0.463 e. The first-order valence-corrected chi connectivity index (χ1v) is 8.42. The molecule has 0 saturated heterocycles. The fraction of sp³-hybridized carbons (Fsp3) is 0.235. The van der Waals surface area contributed by atoms with Crippen molar-refractivity contribution in [1.29, 1.82) is 0 Å². The average molecular weight is 428 g/mol. The Morgan fingerprint density at radius 3 is 2.59 bits per heavy atom. The highest BCUT2D eigenvalue weighted by atomic mass is 79.9. The second-order valence-electron chi connectivity index (χ2n) is 4.83. The molecule has 2 aromatic rings. The van der Waals surface area contributed by atoms with Crippen LogP contribution in [0, 0.1) is 13.8 Å². The van der Waals surface area contributed by atoms with Crippen LogP contribution in [0.15, 0.2) is 37.6 Å². The van der Waals surface area contributed by atoms with Gasteiger partial charge in [0.1, 0.15) is 11.5 Å². The van der Waals surface area contributed by atoms with Crippen molar-refractivity contribution in [2.75, 3.05) is 6.61 Å². The van der Waals surface area contributed by atoms with E-state index in [9.17, 15) is 4.79 Å². The van der Waals surface area contributed by atoms with Gasteiger partial charge in [-0.05, 0) is 72.1 Å². The minimum atomic E-state index is -0.382. The molecule has 0 N–H and O–H groups in total. The average Bonchev–Trinajstić information content (AvgIpc) is 2.82. The maximum absolute atomic E-state index is 11.3. The van der Waals surface area contributed by atoms with Crippen LogP contribution in [0.3, 0.4) is 0 Å². The van der Waals surface area contributed by atoms with Gasteiger partial charge in [-0.15, -0.1) is 0 Å². The minimum absolute atomic E-state index is 0.355. The second-order valence-corrected chi connectivity index (χ2v) is 6.54. The summed E-state index contributed by atoms with van der Waals surface area (Å²) in [6.45, 7) is 6.19. The van der Waals surface area contributed by atoms with E-state index in [1.807, 2.05) is 19.9 Å². The number of furan rings is 1. The van der Waals surface area contributed by atoms with Crippen LogP contribution < -0.4 is 0 Å². The molecule has 0 aliphatic carbocycles. The highest BCUT2D eigenvalue weighted by Crippen LogP contribution is 2.36. The quantitative estimate of drug-likeness (QED) is 0.466. The SMILES string of the molecule is CCOC(=O)/C=C/c1cc(Br)c(-c2cc(C)c(Br)cc2C)o1. The standard InChI is InChI=1S/C17H16Br2O3/c1-4-21-16(20)6-5-12-9-15(19)17(22-12)13-7-11(3)14(18)8-10(13)2/h5-9H,4H2,1-3H3/b6-5+. The molecule has 0 unspecified atom stereocenters. The fourth-order valence-electron chi connectivity index (χ4n) is 2.02. The molecule has 0 aliphatic heterocycles. The zero-order valence-corrected chi connectivity index (χ0v) is 15.7. The molecular formula is C17H16Br2O3. The molecule has 1 heterocycles. The molecule has 0 aliphatic rings. The van der Waals surface area contributed by atoms with Crippen molar-refractivity contribution in [3.8, 4) is 11.3 Å². The third-order valence-electron chi connectivity index (χ3n) is 3.13. The molecule has 0 bridgehead atoms. The number of rotatable bonds is 4. The summed E-state index contributed by atoms with van der Waals surface area (Å²) < 4.78 is 12.6. The van der Waals surface area contributed by atoms with Gasteiger partial charge in [0.05, 0.1) is 11.1 Å². The number of halogens is 2. The summed E-state index contributed by atoms with van der Waals surface area (Å²) in [5.74, 6) is 0.957. The van der Waals surface area contributed by atoms with E-state index >= 15 is 0 Å². The molecule has 0 spiro atoms. The molecule has 116 valence electrons. The van der Waals surface area contributed by atoms with E-state index in [0.717, 1.165) is 31.4 Å². The van der Waals surface area contributed by atoms with E-state index in [-0.39, 0.29) is 5.97 Å². The molecule has 2 rings (SSSR count). The lowest BCUT2D eigenvalue weighted by molar-refractivity contribution is -0.137. The molecular weight excluding hydrogens is 412 g/mol. The first kappa shape index (κ1) is 17.0. The van der Waals surface area contributed by atoms with E-state index in [1.54, 1.807) is 13.0 Å². The van der Waals surface area contributed by atoms with Crippen LogP contribution in [-0.4, -0.2) is 12.6 Å². The van der Waals surface area contributed by atoms with E-state index in [2.05, 4.69) is 44.0 Å². The van der Waals surface area contributed by atoms with E-state index in [1.165, 1.54) is 6.08 Å². The highest BCUT2D eigenvalue weighted by molar-refractivity contribution is 9.10. The molecule has 0 saturated carbocycles. The van der Waals surface area contributed by atoms with Crippen LogP contribution in [-0.2, 0) is 9.53 Å². The van der Waals surface area contributed by atoms with Crippen LogP contribution >= 0.6 is 31.9 Å². The summed E-state index contributed by atoms with van der Waals surface area (Å²) in [6, 6.07) is 5.97. The van der Waals surface area contributed by atoms with Crippen molar-refractivity contribution >= 4 is 43.9 Å². The third-order valence-corrected chi connectivity index (χ3v) is 4.57. The van der Waals surface area contributed by atoms with E-state index < -0.39 is 0 Å². The molecule has 0 amide bonds. The number of hydrogen-bond acceptors (Lipinski definition) is 3. The number of carbonyl (C=O) groups excluding carboxylic acids is 1. The first-order chi connectivity index (χ1) is 10.4. The number of ether oxygens (including phenoxy) is 1. The molecule has 3 nitrogen and oxygen atoms in total. The summed E-state index contributed by atoms with van der Waals surface area (Å²) in [5, 5.41) is 0. The molecule has 0 radical (unpaired) electrons. The van der Waals surface area contributed by atoms with E-state index in [4.69, 9.17) is 9.15 Å². The van der Waals surface area contributed by atoms with Gasteiger partial charge >= 0.3 is 5.97 Å². The lowest BCUT2D eigenvalue weighted by Crippen LogP contribution is -1.98. The summed E-state index contributed by atoms with van der Waals surface area (Å²) in [5.41, 5.74) is 3.25. The summed E-state index contributed by atoms with van der Waals surface area (Å²) in [7, 11) is 0. The van der Waals surface area contributed by atoms with Gasteiger partial charge in [-0.3, -0.25) is 0 Å². The summed E-state index contributed by atoms with van der Waals surface area (Å²) in [4.78, 5) is 11.3. The first-order valence-electron chi connectivity index (χ1n) is 6.83. The lowest BCUT2D eigenvalue weighted by atomic mass is 10.0. The van der Waals surface area contributed by atoms with Crippen LogP contribution in [0.2, 0.25) is 0 Å². The van der Waals surface area contributed by atoms with Gasteiger partial charge < -0.3 is 9.15 Å². The van der Waals surface area contributed by atoms with Gasteiger partial charge in [-0.1, -0.05) is 15.9 Å². The Morgan fingerprint density at radius 2 is 1.91 bits per heavy atom. The monoisotopic (exact) mass is 426 g/mol. The normalized spacial score (nSPS) is 11.1. The second kappa shape index (κ2) is 7.29. The molecule has 0 fully saturated rings. The number of hydrogen-bond donors (Lipinski definition) is 0. The zero-order chi connectivity index (χ0) is 16.3. The Hall–Kier alpha value is -1.33. The van der Waals surface area contributed by atoms with Gasteiger partial charge in [0.2, 0.25) is 0 Å². The van der Waals surface area contributed by atoms with Crippen molar-refractivity contribution in [3.63, 3.8) is 0 Å². The zero-order valence-electron chi connectivity index (χ0n) is 12.6. The van der Waals surface area contributed by atoms with Crippen LogP contribution in [0.5, 0.6) is 0 Å². The van der Waals surface area contributed by atoms with Gasteiger partial charge in [0.15, 0.2) is 0 Å². The lowest BCUT2D eigenvalue weighted by Gasteiger charge is -2.07. The minimum Gasteiger partial charge on any atom is -0.463 e. The summed E-state index contributed by atoms with van der Waals surface area (Å²) in [6.07, 6.45) is 2.96. The Bertz CT molecular complexity index is 730. The maximum atomic E-state index is 11.3. The Labute approximate surface area is 146 Å². The summed E-state index contributed by atoms with van der Waals surface area (Å²) >= 11 is 7.04. The van der Waals surface area contributed by atoms with Crippen molar-refractivity contribution in [1.82, 2.24) is 0 Å². The molecule has 0 atom stereocenters. The molecule has 22 heavy (non-hydrogen) atoms. The topological polar surface area (TPSA) is 39.4 Å². The molecule has 1 aromatic heterocycles. The van der Waals surface area contributed by atoms with Gasteiger partial charge in [-0.2, -0.15) is 0 Å². The van der Waals surface area contributed by atoms with Gasteiger partial charge in [-0.25, -0.2) is 4.79 Å². The fourth-order valence-corrected chi connectivity index (χ4v) is 3.00. The van der Waals surface area contributed by atoms with Crippen molar-refractivity contribution in [2.24, 2.45) is 0 Å². The van der Waals surface area contributed by atoms with Crippen molar-refractivity contribution in [3.05, 3.63) is 50.1 Å². The highest BCUT2D eigenvalue weighted by Gasteiger charge is 2.14. The number of carbonyl (C=O) groups is 1. The van der Waals surface area contributed by atoms with Crippen LogP contribution in [0.25, 0.3) is 17.4 Å². The number of aryl methyl sites for hydroxylation is 2. The van der Waals surface area contributed by atoms with Gasteiger partial charge in [0, 0.05) is 16.1 Å². The smallest absolute Gasteiger partial charge is 0.330 e.